The van der Waals surface area contributed by atoms with Gasteiger partial charge < -0.3 is 4.74 Å². The number of ether oxygens (including phenoxy) is 1. The Bertz CT molecular complexity index is 3100. The Morgan fingerprint density at radius 1 is 0.458 bits per heavy atom. The standard InChI is InChI=1S/C41H24N6O/c1-2-10-28-27(9-1)29-11-3-6-14-35(29)46-39-32(28)20-22-43-40(39)47-37-24-26(17-19-33(37)44-41(46)47)48-25-16-18-31-30-12-4-5-13-34(30)45(36(31)23-25)38-15-7-8-21-42-38/h1-24H. The maximum atomic E-state index is 6.60. The lowest BCUT2D eigenvalue weighted by Crippen LogP contribution is -1.96. The summed E-state index contributed by atoms with van der Waals surface area (Å²) < 4.78 is 13.2. The van der Waals surface area contributed by atoms with E-state index in [0.29, 0.717) is 0 Å². The van der Waals surface area contributed by atoms with Gasteiger partial charge in [-0.05, 0) is 65.4 Å². The number of aromatic nitrogens is 6. The minimum Gasteiger partial charge on any atom is -0.457 e. The summed E-state index contributed by atoms with van der Waals surface area (Å²) in [5.74, 6) is 3.15. The van der Waals surface area contributed by atoms with Crippen LogP contribution in [0.25, 0.3) is 82.7 Å². The van der Waals surface area contributed by atoms with E-state index in [1.54, 1.807) is 0 Å². The van der Waals surface area contributed by atoms with Crippen molar-refractivity contribution < 1.29 is 4.74 Å². The molecule has 0 N–H and O–H groups in total. The number of hydrogen-bond acceptors (Lipinski definition) is 4. The average molecular weight is 617 g/mol. The van der Waals surface area contributed by atoms with Crippen molar-refractivity contribution in [3.63, 3.8) is 0 Å². The highest BCUT2D eigenvalue weighted by Gasteiger charge is 2.21. The fourth-order valence-electron chi connectivity index (χ4n) is 7.57. The summed E-state index contributed by atoms with van der Waals surface area (Å²) >= 11 is 0. The van der Waals surface area contributed by atoms with Crippen LogP contribution in [0.5, 0.6) is 11.5 Å². The molecule has 6 aromatic heterocycles. The number of benzene rings is 5. The second kappa shape index (κ2) is 9.40. The molecule has 0 atom stereocenters. The Morgan fingerprint density at radius 2 is 1.12 bits per heavy atom. The maximum Gasteiger partial charge on any atom is 0.222 e. The van der Waals surface area contributed by atoms with Crippen LogP contribution in [-0.4, -0.2) is 28.3 Å². The van der Waals surface area contributed by atoms with Gasteiger partial charge in [-0.1, -0.05) is 66.7 Å². The van der Waals surface area contributed by atoms with Crippen LogP contribution in [0.2, 0.25) is 0 Å². The lowest BCUT2D eigenvalue weighted by atomic mass is 10.1. The van der Waals surface area contributed by atoms with Gasteiger partial charge in [-0.25, -0.2) is 15.0 Å². The van der Waals surface area contributed by atoms with Gasteiger partial charge in [-0.3, -0.25) is 13.4 Å². The summed E-state index contributed by atoms with van der Waals surface area (Å²) in [5.41, 5.74) is 6.93. The van der Waals surface area contributed by atoms with E-state index in [2.05, 4.69) is 115 Å². The lowest BCUT2D eigenvalue weighted by molar-refractivity contribution is 0.484. The van der Waals surface area contributed by atoms with Crippen molar-refractivity contribution >= 4 is 76.8 Å². The minimum absolute atomic E-state index is 0.721. The molecule has 0 aliphatic rings. The molecular formula is C41H24N6O. The minimum atomic E-state index is 0.721. The van der Waals surface area contributed by atoms with Crippen LogP contribution in [0.4, 0.5) is 0 Å². The van der Waals surface area contributed by atoms with Crippen molar-refractivity contribution in [2.45, 2.75) is 0 Å². The number of nitrogens with zero attached hydrogens (tertiary/aromatic N) is 6. The van der Waals surface area contributed by atoms with Crippen LogP contribution in [0.1, 0.15) is 0 Å². The van der Waals surface area contributed by atoms with Crippen LogP contribution >= 0.6 is 0 Å². The monoisotopic (exact) mass is 616 g/mol. The van der Waals surface area contributed by atoms with Gasteiger partial charge in [0.05, 0.1) is 27.6 Å². The summed E-state index contributed by atoms with van der Waals surface area (Å²) in [4.78, 5) is 14.8. The van der Waals surface area contributed by atoms with Crippen molar-refractivity contribution in [2.75, 3.05) is 0 Å². The zero-order valence-electron chi connectivity index (χ0n) is 25.4. The van der Waals surface area contributed by atoms with Crippen LogP contribution in [0.3, 0.4) is 0 Å². The zero-order valence-corrected chi connectivity index (χ0v) is 25.4. The fraction of sp³-hybridized carbons (Fsp3) is 0. The summed E-state index contributed by atoms with van der Waals surface area (Å²) in [6.45, 7) is 0. The van der Waals surface area contributed by atoms with Gasteiger partial charge in [-0.15, -0.1) is 0 Å². The molecular weight excluding hydrogens is 592 g/mol. The van der Waals surface area contributed by atoms with Crippen LogP contribution in [-0.2, 0) is 0 Å². The summed E-state index contributed by atoms with van der Waals surface area (Å²) in [5, 5.41) is 7.01. The largest absolute Gasteiger partial charge is 0.457 e. The number of rotatable bonds is 3. The first-order chi connectivity index (χ1) is 23.8. The third-order valence-electron chi connectivity index (χ3n) is 9.56. The molecule has 48 heavy (non-hydrogen) atoms. The first-order valence-corrected chi connectivity index (χ1v) is 16.0. The molecule has 11 rings (SSSR count). The molecule has 0 aliphatic heterocycles. The number of imidazole rings is 2. The van der Waals surface area contributed by atoms with Gasteiger partial charge in [0.2, 0.25) is 5.78 Å². The van der Waals surface area contributed by atoms with Gasteiger partial charge in [0, 0.05) is 46.1 Å². The summed E-state index contributed by atoms with van der Waals surface area (Å²) in [6, 6.07) is 46.0. The van der Waals surface area contributed by atoms with Gasteiger partial charge in [0.15, 0.2) is 5.65 Å². The van der Waals surface area contributed by atoms with Gasteiger partial charge in [-0.2, -0.15) is 0 Å². The van der Waals surface area contributed by atoms with Crippen LogP contribution < -0.4 is 4.74 Å². The van der Waals surface area contributed by atoms with Crippen LogP contribution in [0.15, 0.2) is 146 Å². The zero-order chi connectivity index (χ0) is 31.3. The van der Waals surface area contributed by atoms with Gasteiger partial charge in [0.1, 0.15) is 22.8 Å². The molecule has 0 fully saturated rings. The summed E-state index contributed by atoms with van der Waals surface area (Å²) in [6.07, 6.45) is 3.73. The molecule has 0 bridgehead atoms. The molecule has 0 amide bonds. The highest BCUT2D eigenvalue weighted by Crippen LogP contribution is 2.38. The third-order valence-corrected chi connectivity index (χ3v) is 9.56. The molecule has 7 nitrogen and oxygen atoms in total. The second-order valence-electron chi connectivity index (χ2n) is 12.1. The fourth-order valence-corrected chi connectivity index (χ4v) is 7.57. The van der Waals surface area contributed by atoms with E-state index in [4.69, 9.17) is 14.7 Å². The lowest BCUT2D eigenvalue weighted by Gasteiger charge is -2.09. The van der Waals surface area contributed by atoms with E-state index >= 15 is 0 Å². The van der Waals surface area contributed by atoms with E-state index in [-0.39, 0.29) is 0 Å². The Labute approximate surface area is 272 Å². The first-order valence-electron chi connectivity index (χ1n) is 16.0. The van der Waals surface area contributed by atoms with Gasteiger partial charge >= 0.3 is 0 Å². The first kappa shape index (κ1) is 25.5. The van der Waals surface area contributed by atoms with E-state index in [1.807, 2.05) is 48.8 Å². The van der Waals surface area contributed by atoms with E-state index in [1.165, 1.54) is 21.5 Å². The average Bonchev–Trinajstić information content (AvgIpc) is 3.75. The molecule has 11 aromatic rings. The Hall–Kier alpha value is -6.73. The highest BCUT2D eigenvalue weighted by molar-refractivity contribution is 6.19. The molecule has 0 aliphatic carbocycles. The Morgan fingerprint density at radius 3 is 1.94 bits per heavy atom. The van der Waals surface area contributed by atoms with E-state index < -0.39 is 0 Å². The smallest absolute Gasteiger partial charge is 0.222 e. The Kier molecular flexibility index (Phi) is 4.99. The molecule has 0 unspecified atom stereocenters. The number of hydrogen-bond donors (Lipinski definition) is 0. The van der Waals surface area contributed by atoms with Crippen molar-refractivity contribution in [2.24, 2.45) is 0 Å². The van der Waals surface area contributed by atoms with Gasteiger partial charge in [0.25, 0.3) is 0 Å². The number of para-hydroxylation sites is 2. The molecule has 0 saturated carbocycles. The molecule has 5 aromatic carbocycles. The molecule has 0 radical (unpaired) electrons. The third kappa shape index (κ3) is 3.39. The SMILES string of the molecule is c1ccc(-n2c3ccccc3c3ccc(Oc4ccc5nc6n(c5c4)c4nccc5c7ccccc7c7ccccc7n6c54)cc32)nc1. The summed E-state index contributed by atoms with van der Waals surface area (Å²) in [7, 11) is 0. The molecule has 0 spiro atoms. The van der Waals surface area contributed by atoms with Crippen molar-refractivity contribution in [3.8, 4) is 17.3 Å². The number of pyridine rings is 2. The topological polar surface area (TPSA) is 61.7 Å². The van der Waals surface area contributed by atoms with Crippen molar-refractivity contribution in [1.29, 1.82) is 0 Å². The van der Waals surface area contributed by atoms with Crippen LogP contribution in [0, 0.1) is 0 Å². The van der Waals surface area contributed by atoms with E-state index in [0.717, 1.165) is 72.6 Å². The normalized spacial score (nSPS) is 12.2. The molecule has 0 saturated heterocycles. The van der Waals surface area contributed by atoms with E-state index in [9.17, 15) is 0 Å². The van der Waals surface area contributed by atoms with Crippen molar-refractivity contribution in [3.05, 3.63) is 146 Å². The Balaban J connectivity index is 1.14. The highest BCUT2D eigenvalue weighted by atomic mass is 16.5. The molecule has 7 heteroatoms. The maximum absolute atomic E-state index is 6.60. The second-order valence-corrected chi connectivity index (χ2v) is 12.1. The molecule has 6 heterocycles. The quantitative estimate of drug-likeness (QED) is 0.198. The van der Waals surface area contributed by atoms with Crippen molar-refractivity contribution in [1.82, 2.24) is 28.3 Å². The predicted octanol–water partition coefficient (Wildman–Crippen LogP) is 9.88. The number of fused-ring (bicyclic) bond motifs is 13. The molecule has 224 valence electrons. The predicted molar refractivity (Wildman–Crippen MR) is 193 cm³/mol.